The smallest absolute Gasteiger partial charge is 0.151 e. The first-order chi connectivity index (χ1) is 11.6. The minimum atomic E-state index is -1.20. The van der Waals surface area contributed by atoms with Crippen molar-refractivity contribution in [2.24, 2.45) is 0 Å². The second kappa shape index (κ2) is 6.04. The van der Waals surface area contributed by atoms with E-state index in [1.165, 1.54) is 12.3 Å². The van der Waals surface area contributed by atoms with Gasteiger partial charge in [0.1, 0.15) is 22.8 Å². The number of aromatic nitrogens is 4. The van der Waals surface area contributed by atoms with E-state index < -0.39 is 11.4 Å². The average molecular weight is 363 g/mol. The molecule has 7 heteroatoms. The van der Waals surface area contributed by atoms with Gasteiger partial charge in [-0.3, -0.25) is 0 Å². The number of fused-ring (bicyclic) bond motifs is 1. The highest BCUT2D eigenvalue weighted by atomic mass is 35.5. The quantitative estimate of drug-likeness (QED) is 0.749. The molecule has 25 heavy (non-hydrogen) atoms. The van der Waals surface area contributed by atoms with Crippen molar-refractivity contribution >= 4 is 22.6 Å². The molecule has 5 nitrogen and oxygen atoms in total. The van der Waals surface area contributed by atoms with E-state index in [0.29, 0.717) is 33.4 Å². The maximum Gasteiger partial charge on any atom is 0.151 e. The molecule has 0 atom stereocenters. The van der Waals surface area contributed by atoms with Gasteiger partial charge in [-0.2, -0.15) is 0 Å². The Bertz CT molecular complexity index is 960. The van der Waals surface area contributed by atoms with Gasteiger partial charge in [-0.25, -0.2) is 19.3 Å². The number of aliphatic hydroxyl groups is 1. The molecule has 0 unspecified atom stereocenters. The molecule has 0 amide bonds. The van der Waals surface area contributed by atoms with Crippen LogP contribution in [0.25, 0.3) is 22.3 Å². The van der Waals surface area contributed by atoms with Crippen molar-refractivity contribution in [2.75, 3.05) is 0 Å². The van der Waals surface area contributed by atoms with Gasteiger partial charge in [0.25, 0.3) is 0 Å². The number of nitrogens with zero attached hydrogens (tertiary/aromatic N) is 4. The van der Waals surface area contributed by atoms with E-state index >= 15 is 0 Å². The lowest BCUT2D eigenvalue weighted by atomic mass is 10.1. The molecule has 0 fully saturated rings. The number of aryl methyl sites for hydroxylation is 1. The lowest BCUT2D eigenvalue weighted by molar-refractivity contribution is 0.0641. The molecular formula is C18H20ClFN4O. The molecule has 1 N–H and O–H groups in total. The largest absolute Gasteiger partial charge is 0.383 e. The lowest BCUT2D eigenvalue weighted by Crippen LogP contribution is -2.23. The molecule has 132 valence electrons. The first kappa shape index (κ1) is 17.8. The van der Waals surface area contributed by atoms with E-state index in [1.807, 2.05) is 18.4 Å². The van der Waals surface area contributed by atoms with Crippen LogP contribution >= 0.6 is 11.6 Å². The van der Waals surface area contributed by atoms with Gasteiger partial charge in [-0.15, -0.1) is 0 Å². The van der Waals surface area contributed by atoms with E-state index in [2.05, 4.69) is 15.0 Å². The van der Waals surface area contributed by atoms with Gasteiger partial charge >= 0.3 is 0 Å². The summed E-state index contributed by atoms with van der Waals surface area (Å²) in [6.45, 7) is 8.94. The molecule has 2 aromatic heterocycles. The molecule has 3 rings (SSSR count). The van der Waals surface area contributed by atoms with E-state index in [1.54, 1.807) is 26.8 Å². The van der Waals surface area contributed by atoms with E-state index in [-0.39, 0.29) is 11.6 Å². The van der Waals surface area contributed by atoms with Crippen molar-refractivity contribution in [1.29, 1.82) is 0 Å². The fraction of sp³-hybridized carbons (Fsp3) is 0.389. The fourth-order valence-electron chi connectivity index (χ4n) is 2.90. The van der Waals surface area contributed by atoms with Gasteiger partial charge in [-0.1, -0.05) is 11.6 Å². The monoisotopic (exact) mass is 362 g/mol. The summed E-state index contributed by atoms with van der Waals surface area (Å²) in [5.74, 6) is 0.484. The standard InChI is InChI=1S/C18H20ClFN4O/c1-9(2)24-14-7-11(15-12(19)8-21-10(3)22-15)6-13(20)16(14)23-17(24)18(4,5)25/h6-9,25H,1-5H3. The lowest BCUT2D eigenvalue weighted by Gasteiger charge is -2.21. The molecule has 0 radical (unpaired) electrons. The van der Waals surface area contributed by atoms with E-state index in [4.69, 9.17) is 11.6 Å². The zero-order valence-corrected chi connectivity index (χ0v) is 15.6. The summed E-state index contributed by atoms with van der Waals surface area (Å²) in [5.41, 5.74) is 0.630. The number of halogens is 2. The molecule has 0 aliphatic heterocycles. The van der Waals surface area contributed by atoms with Gasteiger partial charge in [0.05, 0.1) is 16.2 Å². The van der Waals surface area contributed by atoms with Crippen molar-refractivity contribution < 1.29 is 9.50 Å². The topological polar surface area (TPSA) is 63.8 Å². The van der Waals surface area contributed by atoms with Crippen LogP contribution in [0.4, 0.5) is 4.39 Å². The average Bonchev–Trinajstić information content (AvgIpc) is 2.90. The fourth-order valence-corrected chi connectivity index (χ4v) is 3.10. The van der Waals surface area contributed by atoms with E-state index in [9.17, 15) is 9.50 Å². The van der Waals surface area contributed by atoms with Gasteiger partial charge < -0.3 is 9.67 Å². The number of rotatable bonds is 3. The number of hydrogen-bond donors (Lipinski definition) is 1. The van der Waals surface area contributed by atoms with Crippen LogP contribution in [0.5, 0.6) is 0 Å². The molecular weight excluding hydrogens is 343 g/mol. The van der Waals surface area contributed by atoms with Gasteiger partial charge in [-0.05, 0) is 46.8 Å². The molecule has 0 spiro atoms. The predicted octanol–water partition coefficient (Wildman–Crippen LogP) is 4.40. The van der Waals surface area contributed by atoms with Crippen LogP contribution in [0.15, 0.2) is 18.3 Å². The predicted molar refractivity (Wildman–Crippen MR) is 96.1 cm³/mol. The number of imidazole rings is 1. The molecule has 0 aliphatic rings. The molecule has 0 saturated heterocycles. The number of hydrogen-bond acceptors (Lipinski definition) is 4. The maximum atomic E-state index is 14.8. The van der Waals surface area contributed by atoms with Crippen LogP contribution < -0.4 is 0 Å². The third kappa shape index (κ3) is 3.12. The Morgan fingerprint density at radius 1 is 1.24 bits per heavy atom. The highest BCUT2D eigenvalue weighted by molar-refractivity contribution is 6.32. The Kier molecular flexibility index (Phi) is 4.29. The number of benzene rings is 1. The first-order valence-electron chi connectivity index (χ1n) is 8.03. The second-order valence-electron chi connectivity index (χ2n) is 6.90. The van der Waals surface area contributed by atoms with Crippen molar-refractivity contribution in [3.8, 4) is 11.3 Å². The van der Waals surface area contributed by atoms with Gasteiger partial charge in [0.15, 0.2) is 5.82 Å². The summed E-state index contributed by atoms with van der Waals surface area (Å²) in [5, 5.41) is 10.8. The van der Waals surface area contributed by atoms with Crippen molar-refractivity contribution in [2.45, 2.75) is 46.3 Å². The molecule has 0 aliphatic carbocycles. The Morgan fingerprint density at radius 3 is 2.52 bits per heavy atom. The summed E-state index contributed by atoms with van der Waals surface area (Å²) >= 11 is 6.20. The molecule has 0 saturated carbocycles. The van der Waals surface area contributed by atoms with Crippen LogP contribution in [0.1, 0.15) is 45.4 Å². The summed E-state index contributed by atoms with van der Waals surface area (Å²) < 4.78 is 16.6. The summed E-state index contributed by atoms with van der Waals surface area (Å²) in [4.78, 5) is 12.7. The molecule has 2 heterocycles. The van der Waals surface area contributed by atoms with Crippen molar-refractivity contribution in [3.63, 3.8) is 0 Å². The van der Waals surface area contributed by atoms with Gasteiger partial charge in [0.2, 0.25) is 0 Å². The highest BCUT2D eigenvalue weighted by Crippen LogP contribution is 2.34. The Morgan fingerprint density at radius 2 is 1.92 bits per heavy atom. The summed E-state index contributed by atoms with van der Waals surface area (Å²) in [6.07, 6.45) is 1.50. The summed E-state index contributed by atoms with van der Waals surface area (Å²) in [7, 11) is 0. The van der Waals surface area contributed by atoms with Crippen LogP contribution in [0.2, 0.25) is 5.02 Å². The zero-order valence-electron chi connectivity index (χ0n) is 14.8. The van der Waals surface area contributed by atoms with E-state index in [0.717, 1.165) is 0 Å². The molecule has 1 aromatic carbocycles. The SMILES string of the molecule is Cc1ncc(Cl)c(-c2cc(F)c3nc(C(C)(C)O)n(C(C)C)c3c2)n1. The molecule has 3 aromatic rings. The van der Waals surface area contributed by atoms with Crippen LogP contribution in [-0.2, 0) is 5.60 Å². The summed E-state index contributed by atoms with van der Waals surface area (Å²) in [6, 6.07) is 3.15. The zero-order chi connectivity index (χ0) is 18.5. The minimum Gasteiger partial charge on any atom is -0.383 e. The van der Waals surface area contributed by atoms with Crippen LogP contribution in [0, 0.1) is 12.7 Å². The highest BCUT2D eigenvalue weighted by Gasteiger charge is 2.27. The normalized spacial score (nSPS) is 12.4. The Balaban J connectivity index is 2.36. The molecule has 0 bridgehead atoms. The van der Waals surface area contributed by atoms with Crippen LogP contribution in [-0.4, -0.2) is 24.6 Å². The maximum absolute atomic E-state index is 14.8. The first-order valence-corrected chi connectivity index (χ1v) is 8.41. The third-order valence-electron chi connectivity index (χ3n) is 3.95. The van der Waals surface area contributed by atoms with Crippen molar-refractivity contribution in [3.05, 3.63) is 40.8 Å². The third-order valence-corrected chi connectivity index (χ3v) is 4.23. The second-order valence-corrected chi connectivity index (χ2v) is 7.30. The van der Waals surface area contributed by atoms with Crippen molar-refractivity contribution in [1.82, 2.24) is 19.5 Å². The van der Waals surface area contributed by atoms with Crippen LogP contribution in [0.3, 0.4) is 0 Å². The van der Waals surface area contributed by atoms with Gasteiger partial charge in [0, 0.05) is 17.8 Å². The Labute approximate surface area is 150 Å². The minimum absolute atomic E-state index is 0.0105. The Hall–Kier alpha value is -2.05.